The summed E-state index contributed by atoms with van der Waals surface area (Å²) in [5.41, 5.74) is -1.36. The second-order valence-corrected chi connectivity index (χ2v) is 5.91. The second-order valence-electron chi connectivity index (χ2n) is 5.91. The number of carbonyl (C=O) groups excluding carboxylic acids is 1. The van der Waals surface area contributed by atoms with E-state index in [1.807, 2.05) is 24.0 Å². The Morgan fingerprint density at radius 2 is 2.08 bits per heavy atom. The molecule has 3 heterocycles. The van der Waals surface area contributed by atoms with Gasteiger partial charge < -0.3 is 19.5 Å². The fourth-order valence-corrected chi connectivity index (χ4v) is 2.55. The predicted molar refractivity (Wildman–Crippen MR) is 89.0 cm³/mol. The predicted octanol–water partition coefficient (Wildman–Crippen LogP) is -0.787. The number of H-pyrrole nitrogens is 2. The molecule has 1 saturated heterocycles. The van der Waals surface area contributed by atoms with Crippen molar-refractivity contribution in [1.82, 2.24) is 25.1 Å². The first-order valence-corrected chi connectivity index (χ1v) is 7.73. The van der Waals surface area contributed by atoms with Crippen LogP contribution in [0.4, 0.5) is 5.82 Å². The molecule has 1 fully saturated rings. The highest BCUT2D eigenvalue weighted by Gasteiger charge is 2.29. The van der Waals surface area contributed by atoms with Gasteiger partial charge in [-0.1, -0.05) is 0 Å². The zero-order chi connectivity index (χ0) is 18.0. The molecule has 0 aromatic carbocycles. The number of anilines is 1. The van der Waals surface area contributed by atoms with E-state index < -0.39 is 17.2 Å². The molecule has 0 saturated carbocycles. The maximum atomic E-state index is 12.4. The first-order chi connectivity index (χ1) is 11.9. The zero-order valence-corrected chi connectivity index (χ0v) is 13.9. The fourth-order valence-electron chi connectivity index (χ4n) is 2.55. The Kier molecular flexibility index (Phi) is 4.50. The van der Waals surface area contributed by atoms with Crippen molar-refractivity contribution in [2.75, 3.05) is 32.1 Å². The number of ether oxygens (including phenoxy) is 1. The van der Waals surface area contributed by atoms with Gasteiger partial charge in [0.1, 0.15) is 11.8 Å². The van der Waals surface area contributed by atoms with Gasteiger partial charge in [0.05, 0.1) is 6.54 Å². The van der Waals surface area contributed by atoms with Crippen molar-refractivity contribution in [1.29, 1.82) is 0 Å². The number of nitrogens with zero attached hydrogens (tertiary/aromatic N) is 4. The summed E-state index contributed by atoms with van der Waals surface area (Å²) in [4.78, 5) is 42.7. The number of aromatic amines is 2. The number of aromatic nitrogens is 4. The highest BCUT2D eigenvalue weighted by molar-refractivity contribution is 5.92. The smallest absolute Gasteiger partial charge is 0.326 e. The van der Waals surface area contributed by atoms with Gasteiger partial charge in [-0.05, 0) is 6.07 Å². The van der Waals surface area contributed by atoms with Crippen molar-refractivity contribution in [2.45, 2.75) is 12.5 Å². The summed E-state index contributed by atoms with van der Waals surface area (Å²) in [6, 6.07) is 4.59. The first-order valence-electron chi connectivity index (χ1n) is 7.73. The van der Waals surface area contributed by atoms with E-state index in [2.05, 4.69) is 15.2 Å². The Labute approximate surface area is 142 Å². The first kappa shape index (κ1) is 16.7. The summed E-state index contributed by atoms with van der Waals surface area (Å²) in [6.07, 6.45) is 0.396. The average molecular weight is 346 g/mol. The van der Waals surface area contributed by atoms with Crippen LogP contribution in [-0.4, -0.2) is 64.3 Å². The molecule has 1 unspecified atom stereocenters. The summed E-state index contributed by atoms with van der Waals surface area (Å²) in [6.45, 7) is 0.798. The largest absolute Gasteiger partial charge is 0.471 e. The van der Waals surface area contributed by atoms with Gasteiger partial charge in [-0.25, -0.2) is 4.79 Å². The number of hydrogen-bond acceptors (Lipinski definition) is 7. The SMILES string of the molecule is CN(C)c1ccc(OC2CCN(C(=O)c3cc(=O)[nH]c(=O)[nH]3)C2)nn1. The molecule has 3 rings (SSSR count). The lowest BCUT2D eigenvalue weighted by Crippen LogP contribution is -2.34. The molecule has 25 heavy (non-hydrogen) atoms. The third-order valence-corrected chi connectivity index (χ3v) is 3.79. The molecule has 2 aromatic heterocycles. The van der Waals surface area contributed by atoms with Gasteiger partial charge in [-0.2, -0.15) is 0 Å². The quantitative estimate of drug-likeness (QED) is 0.743. The summed E-state index contributed by atoms with van der Waals surface area (Å²) in [7, 11) is 3.73. The van der Waals surface area contributed by atoms with E-state index in [1.165, 1.54) is 4.90 Å². The Morgan fingerprint density at radius 3 is 2.72 bits per heavy atom. The summed E-state index contributed by atoms with van der Waals surface area (Å²) in [5.74, 6) is 0.687. The van der Waals surface area contributed by atoms with Crippen molar-refractivity contribution < 1.29 is 9.53 Å². The van der Waals surface area contributed by atoms with Crippen molar-refractivity contribution in [3.63, 3.8) is 0 Å². The maximum Gasteiger partial charge on any atom is 0.326 e. The number of carbonyl (C=O) groups is 1. The topological polar surface area (TPSA) is 124 Å². The summed E-state index contributed by atoms with van der Waals surface area (Å²) < 4.78 is 5.75. The van der Waals surface area contributed by atoms with E-state index in [4.69, 9.17) is 4.74 Å². The van der Waals surface area contributed by atoms with Crippen LogP contribution >= 0.6 is 0 Å². The van der Waals surface area contributed by atoms with Crippen molar-refractivity contribution in [3.05, 3.63) is 44.7 Å². The highest BCUT2D eigenvalue weighted by Crippen LogP contribution is 2.18. The van der Waals surface area contributed by atoms with Crippen molar-refractivity contribution >= 4 is 11.7 Å². The fraction of sp³-hybridized carbons (Fsp3) is 0.400. The van der Waals surface area contributed by atoms with E-state index in [-0.39, 0.29) is 11.8 Å². The molecule has 10 nitrogen and oxygen atoms in total. The van der Waals surface area contributed by atoms with Crippen LogP contribution in [0.25, 0.3) is 0 Å². The van der Waals surface area contributed by atoms with Crippen LogP contribution in [0.5, 0.6) is 5.88 Å². The minimum absolute atomic E-state index is 0.0375. The molecule has 1 amide bonds. The van der Waals surface area contributed by atoms with Crippen LogP contribution in [0.3, 0.4) is 0 Å². The molecular weight excluding hydrogens is 328 g/mol. The number of nitrogens with one attached hydrogen (secondary N) is 2. The Balaban J connectivity index is 1.64. The lowest BCUT2D eigenvalue weighted by atomic mass is 10.3. The van der Waals surface area contributed by atoms with Crippen LogP contribution in [0, 0.1) is 0 Å². The molecule has 0 spiro atoms. The van der Waals surface area contributed by atoms with E-state index >= 15 is 0 Å². The molecule has 1 aliphatic heterocycles. The van der Waals surface area contributed by atoms with Crippen LogP contribution in [0.2, 0.25) is 0 Å². The molecule has 132 valence electrons. The van der Waals surface area contributed by atoms with Gasteiger partial charge in [0.25, 0.3) is 11.5 Å². The van der Waals surface area contributed by atoms with E-state index in [9.17, 15) is 14.4 Å². The van der Waals surface area contributed by atoms with Crippen LogP contribution in [0.15, 0.2) is 27.8 Å². The van der Waals surface area contributed by atoms with Gasteiger partial charge in [0, 0.05) is 39.2 Å². The number of hydrogen-bond donors (Lipinski definition) is 2. The Morgan fingerprint density at radius 1 is 1.28 bits per heavy atom. The normalized spacial score (nSPS) is 16.7. The molecule has 0 aliphatic carbocycles. The standard InChI is InChI=1S/C15H18N6O4/c1-20(2)11-3-4-13(19-18-11)25-9-5-6-21(8-9)14(23)10-7-12(22)17-15(24)16-10/h3-4,7,9H,5-6,8H2,1-2H3,(H2,16,17,22,24). The van der Waals surface area contributed by atoms with Gasteiger partial charge in [0.2, 0.25) is 5.88 Å². The Hall–Kier alpha value is -3.17. The minimum Gasteiger partial charge on any atom is -0.471 e. The molecule has 0 bridgehead atoms. The Bertz CT molecular complexity index is 844. The molecule has 2 aromatic rings. The van der Waals surface area contributed by atoms with E-state index in [0.717, 1.165) is 6.07 Å². The number of rotatable bonds is 4. The zero-order valence-electron chi connectivity index (χ0n) is 13.9. The lowest BCUT2D eigenvalue weighted by molar-refractivity contribution is 0.0764. The maximum absolute atomic E-state index is 12.4. The second kappa shape index (κ2) is 6.75. The third-order valence-electron chi connectivity index (χ3n) is 3.79. The molecule has 1 aliphatic rings. The van der Waals surface area contributed by atoms with E-state index in [0.29, 0.717) is 31.2 Å². The molecular formula is C15H18N6O4. The molecule has 0 radical (unpaired) electrons. The van der Waals surface area contributed by atoms with Gasteiger partial charge in [-0.3, -0.25) is 14.6 Å². The molecule has 1 atom stereocenters. The van der Waals surface area contributed by atoms with Crippen molar-refractivity contribution in [3.8, 4) is 5.88 Å². The lowest BCUT2D eigenvalue weighted by Gasteiger charge is -2.17. The number of amides is 1. The van der Waals surface area contributed by atoms with Crippen LogP contribution < -0.4 is 20.9 Å². The summed E-state index contributed by atoms with van der Waals surface area (Å²) in [5, 5.41) is 8.04. The van der Waals surface area contributed by atoms with E-state index in [1.54, 1.807) is 12.1 Å². The van der Waals surface area contributed by atoms with Crippen LogP contribution in [-0.2, 0) is 0 Å². The highest BCUT2D eigenvalue weighted by atomic mass is 16.5. The van der Waals surface area contributed by atoms with Gasteiger partial charge >= 0.3 is 5.69 Å². The van der Waals surface area contributed by atoms with Gasteiger partial charge in [0.15, 0.2) is 5.82 Å². The molecule has 10 heteroatoms. The minimum atomic E-state index is -0.709. The number of likely N-dealkylation sites (tertiary alicyclic amines) is 1. The van der Waals surface area contributed by atoms with Crippen LogP contribution in [0.1, 0.15) is 16.9 Å². The third kappa shape index (κ3) is 3.84. The average Bonchev–Trinajstić information content (AvgIpc) is 3.02. The van der Waals surface area contributed by atoms with Gasteiger partial charge in [-0.15, -0.1) is 10.2 Å². The monoisotopic (exact) mass is 346 g/mol. The van der Waals surface area contributed by atoms with Crippen molar-refractivity contribution in [2.24, 2.45) is 0 Å². The molecule has 2 N–H and O–H groups in total. The summed E-state index contributed by atoms with van der Waals surface area (Å²) >= 11 is 0.